The highest BCUT2D eigenvalue weighted by Gasteiger charge is 2.05. The zero-order valence-electron chi connectivity index (χ0n) is 18.5. The molecule has 0 saturated heterocycles. The highest BCUT2D eigenvalue weighted by molar-refractivity contribution is 5.95. The second kappa shape index (κ2) is 13.0. The Hall–Kier alpha value is -3.60. The fourth-order valence-corrected chi connectivity index (χ4v) is 3.10. The summed E-state index contributed by atoms with van der Waals surface area (Å²) < 4.78 is 11.6. The number of carbonyl (C=O) groups excluding carboxylic acids is 1. The Morgan fingerprint density at radius 2 is 1.62 bits per heavy atom. The number of rotatable bonds is 12. The first-order valence-electron chi connectivity index (χ1n) is 11.1. The van der Waals surface area contributed by atoms with Crippen molar-refractivity contribution in [1.29, 1.82) is 0 Å². The molecule has 1 N–H and O–H groups in total. The van der Waals surface area contributed by atoms with Crippen molar-refractivity contribution in [2.24, 2.45) is 5.10 Å². The quantitative estimate of drug-likeness (QED) is 0.218. The molecule has 3 rings (SSSR count). The monoisotopic (exact) mass is 430 g/mol. The summed E-state index contributed by atoms with van der Waals surface area (Å²) in [4.78, 5) is 12.4. The van der Waals surface area contributed by atoms with Crippen LogP contribution in [-0.2, 0) is 6.61 Å². The summed E-state index contributed by atoms with van der Waals surface area (Å²) in [5.41, 5.74) is 4.96. The predicted molar refractivity (Wildman–Crippen MR) is 128 cm³/mol. The van der Waals surface area contributed by atoms with E-state index >= 15 is 0 Å². The first-order valence-corrected chi connectivity index (χ1v) is 11.1. The molecule has 3 aromatic carbocycles. The number of nitrogens with one attached hydrogen (secondary N) is 1. The second-order valence-electron chi connectivity index (χ2n) is 7.44. The van der Waals surface area contributed by atoms with Gasteiger partial charge in [-0.1, -0.05) is 68.7 Å². The smallest absolute Gasteiger partial charge is 0.271 e. The van der Waals surface area contributed by atoms with Gasteiger partial charge in [-0.15, -0.1) is 0 Å². The van der Waals surface area contributed by atoms with Crippen molar-refractivity contribution >= 4 is 12.1 Å². The minimum atomic E-state index is -0.279. The fourth-order valence-electron chi connectivity index (χ4n) is 3.10. The maximum absolute atomic E-state index is 12.4. The Bertz CT molecular complexity index is 985. The molecule has 0 aliphatic rings. The van der Waals surface area contributed by atoms with Gasteiger partial charge in [-0.2, -0.15) is 5.10 Å². The van der Waals surface area contributed by atoms with Gasteiger partial charge in [-0.05, 0) is 48.4 Å². The van der Waals surface area contributed by atoms with Crippen molar-refractivity contribution in [2.45, 2.75) is 39.2 Å². The molecule has 0 aliphatic heterocycles. The van der Waals surface area contributed by atoms with E-state index in [4.69, 9.17) is 9.47 Å². The van der Waals surface area contributed by atoms with Crippen molar-refractivity contribution in [3.63, 3.8) is 0 Å². The minimum Gasteiger partial charge on any atom is -0.494 e. The molecule has 3 aromatic rings. The van der Waals surface area contributed by atoms with Gasteiger partial charge in [-0.3, -0.25) is 4.79 Å². The molecule has 0 heterocycles. The fraction of sp³-hybridized carbons (Fsp3) is 0.259. The third-order valence-corrected chi connectivity index (χ3v) is 4.91. The van der Waals surface area contributed by atoms with E-state index in [0.29, 0.717) is 24.5 Å². The van der Waals surface area contributed by atoms with E-state index in [9.17, 15) is 4.79 Å². The molecule has 0 bridgehead atoms. The van der Waals surface area contributed by atoms with E-state index in [-0.39, 0.29) is 5.91 Å². The summed E-state index contributed by atoms with van der Waals surface area (Å²) in [5.74, 6) is 1.19. The summed E-state index contributed by atoms with van der Waals surface area (Å²) in [6.07, 6.45) is 6.24. The number of unbranched alkanes of at least 4 members (excludes halogenated alkanes) is 3. The van der Waals surface area contributed by atoms with Gasteiger partial charge >= 0.3 is 0 Å². The van der Waals surface area contributed by atoms with Crippen molar-refractivity contribution in [3.05, 3.63) is 95.6 Å². The number of carbonyl (C=O) groups is 1. The topological polar surface area (TPSA) is 59.9 Å². The van der Waals surface area contributed by atoms with Crippen molar-refractivity contribution in [2.75, 3.05) is 6.61 Å². The average Bonchev–Trinajstić information content (AvgIpc) is 2.84. The molecular formula is C27H30N2O3. The summed E-state index contributed by atoms with van der Waals surface area (Å²) in [5, 5.41) is 4.10. The Labute approximate surface area is 190 Å². The van der Waals surface area contributed by atoms with Crippen molar-refractivity contribution in [3.8, 4) is 11.5 Å². The zero-order chi connectivity index (χ0) is 22.4. The highest BCUT2D eigenvalue weighted by Crippen LogP contribution is 2.18. The first-order chi connectivity index (χ1) is 15.8. The standard InChI is InChI=1S/C27H30N2O3/c1-2-3-4-10-19-31-25-17-15-23(16-18-25)27(30)29-28-20-24-13-8-9-14-26(24)32-21-22-11-6-5-7-12-22/h5-9,11-18,20H,2-4,10,19,21H2,1H3,(H,29,30)/b28-20+. The summed E-state index contributed by atoms with van der Waals surface area (Å²) in [6.45, 7) is 3.35. The highest BCUT2D eigenvalue weighted by atomic mass is 16.5. The lowest BCUT2D eigenvalue weighted by atomic mass is 10.2. The van der Waals surface area contributed by atoms with E-state index < -0.39 is 0 Å². The molecule has 0 aliphatic carbocycles. The van der Waals surface area contributed by atoms with E-state index in [2.05, 4.69) is 17.5 Å². The van der Waals surface area contributed by atoms with Gasteiger partial charge in [0, 0.05) is 11.1 Å². The predicted octanol–water partition coefficient (Wildman–Crippen LogP) is 5.99. The van der Waals surface area contributed by atoms with Crippen LogP contribution in [0.2, 0.25) is 0 Å². The maximum Gasteiger partial charge on any atom is 0.271 e. The first kappa shape index (κ1) is 23.1. The number of ether oxygens (including phenoxy) is 2. The third-order valence-electron chi connectivity index (χ3n) is 4.91. The van der Waals surface area contributed by atoms with Crippen molar-refractivity contribution < 1.29 is 14.3 Å². The molecule has 1 amide bonds. The molecule has 0 atom stereocenters. The van der Waals surface area contributed by atoms with Crippen LogP contribution in [0.5, 0.6) is 11.5 Å². The average molecular weight is 431 g/mol. The van der Waals surface area contributed by atoms with Crippen LogP contribution in [0.1, 0.15) is 54.1 Å². The van der Waals surface area contributed by atoms with Crippen molar-refractivity contribution in [1.82, 2.24) is 5.43 Å². The number of para-hydroxylation sites is 1. The summed E-state index contributed by atoms with van der Waals surface area (Å²) in [6, 6.07) is 24.6. The molecule has 0 saturated carbocycles. The van der Waals surface area contributed by atoms with Gasteiger partial charge in [0.15, 0.2) is 0 Å². The van der Waals surface area contributed by atoms with Crippen LogP contribution < -0.4 is 14.9 Å². The number of amides is 1. The zero-order valence-corrected chi connectivity index (χ0v) is 18.5. The van der Waals surface area contributed by atoms with Crippen LogP contribution in [0.15, 0.2) is 84.0 Å². The van der Waals surface area contributed by atoms with Crippen LogP contribution in [0.25, 0.3) is 0 Å². The Morgan fingerprint density at radius 3 is 2.41 bits per heavy atom. The molecule has 5 nitrogen and oxygen atoms in total. The molecule has 0 spiro atoms. The normalized spacial score (nSPS) is 10.8. The molecule has 0 aromatic heterocycles. The SMILES string of the molecule is CCCCCCOc1ccc(C(=O)N/N=C/c2ccccc2OCc2ccccc2)cc1. The molecule has 0 fully saturated rings. The van der Waals surface area contributed by atoms with Crippen LogP contribution in [0, 0.1) is 0 Å². The van der Waals surface area contributed by atoms with Crippen LogP contribution in [0.4, 0.5) is 0 Å². The maximum atomic E-state index is 12.4. The van der Waals surface area contributed by atoms with Crippen LogP contribution in [0.3, 0.4) is 0 Å². The van der Waals surface area contributed by atoms with Gasteiger partial charge in [0.1, 0.15) is 18.1 Å². The molecule has 0 radical (unpaired) electrons. The Morgan fingerprint density at radius 1 is 0.875 bits per heavy atom. The molecule has 5 heteroatoms. The molecule has 166 valence electrons. The number of hydrogen-bond acceptors (Lipinski definition) is 4. The number of nitrogens with zero attached hydrogens (tertiary/aromatic N) is 1. The molecule has 32 heavy (non-hydrogen) atoms. The van der Waals surface area contributed by atoms with E-state index in [1.54, 1.807) is 18.3 Å². The number of benzene rings is 3. The van der Waals surface area contributed by atoms with Crippen LogP contribution in [-0.4, -0.2) is 18.7 Å². The molecular weight excluding hydrogens is 400 g/mol. The van der Waals surface area contributed by atoms with E-state index in [1.165, 1.54) is 19.3 Å². The second-order valence-corrected chi connectivity index (χ2v) is 7.44. The molecule has 0 unspecified atom stereocenters. The van der Waals surface area contributed by atoms with E-state index in [1.807, 2.05) is 66.7 Å². The number of hydrogen-bond donors (Lipinski definition) is 1. The van der Waals surface area contributed by atoms with Gasteiger partial charge in [0.05, 0.1) is 12.8 Å². The van der Waals surface area contributed by atoms with Crippen LogP contribution >= 0.6 is 0 Å². The van der Waals surface area contributed by atoms with Gasteiger partial charge in [-0.25, -0.2) is 5.43 Å². The Kier molecular flexibility index (Phi) is 9.34. The summed E-state index contributed by atoms with van der Waals surface area (Å²) >= 11 is 0. The van der Waals surface area contributed by atoms with Gasteiger partial charge < -0.3 is 9.47 Å². The lowest BCUT2D eigenvalue weighted by Gasteiger charge is -2.09. The van der Waals surface area contributed by atoms with Gasteiger partial charge in [0.25, 0.3) is 5.91 Å². The number of hydrazone groups is 1. The minimum absolute atomic E-state index is 0.279. The lowest BCUT2D eigenvalue weighted by Crippen LogP contribution is -2.17. The largest absolute Gasteiger partial charge is 0.494 e. The van der Waals surface area contributed by atoms with Gasteiger partial charge in [0.2, 0.25) is 0 Å². The Balaban J connectivity index is 1.49. The third kappa shape index (κ3) is 7.58. The lowest BCUT2D eigenvalue weighted by molar-refractivity contribution is 0.0955. The summed E-state index contributed by atoms with van der Waals surface area (Å²) in [7, 11) is 0. The van der Waals surface area contributed by atoms with E-state index in [0.717, 1.165) is 23.3 Å².